The van der Waals surface area contributed by atoms with Gasteiger partial charge in [0, 0.05) is 24.3 Å². The molecule has 2 amide bonds. The van der Waals surface area contributed by atoms with Crippen molar-refractivity contribution < 1.29 is 22.4 Å². The fourth-order valence-electron chi connectivity index (χ4n) is 3.59. The van der Waals surface area contributed by atoms with Gasteiger partial charge in [-0.25, -0.2) is 12.8 Å². The highest BCUT2D eigenvalue weighted by Gasteiger charge is 2.35. The zero-order valence-corrected chi connectivity index (χ0v) is 18.6. The lowest BCUT2D eigenvalue weighted by atomic mass is 10.1. The van der Waals surface area contributed by atoms with Gasteiger partial charge >= 0.3 is 0 Å². The largest absolute Gasteiger partial charge is 0.326 e. The lowest BCUT2D eigenvalue weighted by Gasteiger charge is -2.17. The molecule has 3 aromatic carbocycles. The number of carbonyl (C=O) groups excluding carboxylic acids is 2. The molecule has 170 valence electrons. The van der Waals surface area contributed by atoms with Gasteiger partial charge in [-0.1, -0.05) is 23.8 Å². The number of hydrogen-bond donors (Lipinski definition) is 2. The van der Waals surface area contributed by atoms with Crippen molar-refractivity contribution in [2.24, 2.45) is 5.92 Å². The number of hydrogen-bond acceptors (Lipinski definition) is 4. The predicted octanol–water partition coefficient (Wildman–Crippen LogP) is 3.93. The van der Waals surface area contributed by atoms with E-state index in [1.165, 1.54) is 42.5 Å². The number of carbonyl (C=O) groups is 2. The highest BCUT2D eigenvalue weighted by Crippen LogP contribution is 2.27. The SMILES string of the molecule is Cc1ccc(N2CC(C(=O)Nc3ccc(S(=O)(=O)Nc4cccc(F)c4)cc3)CC2=O)cc1. The molecule has 1 fully saturated rings. The van der Waals surface area contributed by atoms with E-state index in [1.807, 2.05) is 31.2 Å². The second-order valence-corrected chi connectivity index (χ2v) is 9.55. The molecule has 0 bridgehead atoms. The van der Waals surface area contributed by atoms with E-state index >= 15 is 0 Å². The van der Waals surface area contributed by atoms with Crippen molar-refractivity contribution in [3.63, 3.8) is 0 Å². The van der Waals surface area contributed by atoms with Gasteiger partial charge in [0.05, 0.1) is 16.5 Å². The number of benzene rings is 3. The van der Waals surface area contributed by atoms with Crippen LogP contribution < -0.4 is 14.9 Å². The molecular weight excluding hydrogens is 445 g/mol. The summed E-state index contributed by atoms with van der Waals surface area (Å²) in [4.78, 5) is 26.7. The van der Waals surface area contributed by atoms with E-state index in [9.17, 15) is 22.4 Å². The van der Waals surface area contributed by atoms with Gasteiger partial charge in [0.15, 0.2) is 0 Å². The molecule has 1 unspecified atom stereocenters. The molecule has 1 aliphatic rings. The van der Waals surface area contributed by atoms with Crippen molar-refractivity contribution in [1.29, 1.82) is 0 Å². The minimum atomic E-state index is -3.92. The molecule has 3 aromatic rings. The molecule has 1 atom stereocenters. The smallest absolute Gasteiger partial charge is 0.261 e. The van der Waals surface area contributed by atoms with Crippen LogP contribution in [-0.4, -0.2) is 26.8 Å². The highest BCUT2D eigenvalue weighted by atomic mass is 32.2. The first-order valence-corrected chi connectivity index (χ1v) is 11.8. The molecule has 1 aliphatic heterocycles. The van der Waals surface area contributed by atoms with Gasteiger partial charge in [-0.3, -0.25) is 14.3 Å². The molecular formula is C24H22FN3O4S. The van der Waals surface area contributed by atoms with Crippen molar-refractivity contribution >= 4 is 38.9 Å². The number of rotatable bonds is 6. The molecule has 9 heteroatoms. The molecule has 0 aliphatic carbocycles. The van der Waals surface area contributed by atoms with Gasteiger partial charge < -0.3 is 10.2 Å². The Morgan fingerprint density at radius 3 is 2.36 bits per heavy atom. The zero-order chi connectivity index (χ0) is 23.6. The molecule has 2 N–H and O–H groups in total. The van der Waals surface area contributed by atoms with Crippen molar-refractivity contribution in [3.8, 4) is 0 Å². The van der Waals surface area contributed by atoms with Gasteiger partial charge in [-0.2, -0.15) is 0 Å². The van der Waals surface area contributed by atoms with Crippen molar-refractivity contribution in [2.45, 2.75) is 18.2 Å². The second-order valence-electron chi connectivity index (χ2n) is 7.87. The van der Waals surface area contributed by atoms with E-state index in [0.717, 1.165) is 17.3 Å². The molecule has 1 saturated heterocycles. The predicted molar refractivity (Wildman–Crippen MR) is 124 cm³/mol. The summed E-state index contributed by atoms with van der Waals surface area (Å²) < 4.78 is 40.7. The molecule has 0 aromatic heterocycles. The lowest BCUT2D eigenvalue weighted by molar-refractivity contribution is -0.122. The summed E-state index contributed by atoms with van der Waals surface area (Å²) >= 11 is 0. The van der Waals surface area contributed by atoms with Crippen LogP contribution in [0.2, 0.25) is 0 Å². The number of aryl methyl sites for hydroxylation is 1. The Bertz CT molecular complexity index is 1290. The summed E-state index contributed by atoms with van der Waals surface area (Å²) in [6.45, 7) is 2.23. The van der Waals surface area contributed by atoms with E-state index in [4.69, 9.17) is 0 Å². The number of anilines is 3. The van der Waals surface area contributed by atoms with Crippen LogP contribution in [0.25, 0.3) is 0 Å². The molecule has 7 nitrogen and oxygen atoms in total. The summed E-state index contributed by atoms with van der Waals surface area (Å²) in [5.41, 5.74) is 2.35. The van der Waals surface area contributed by atoms with E-state index < -0.39 is 21.8 Å². The molecule has 0 saturated carbocycles. The van der Waals surface area contributed by atoms with Crippen LogP contribution in [0.4, 0.5) is 21.5 Å². The first kappa shape index (κ1) is 22.5. The highest BCUT2D eigenvalue weighted by molar-refractivity contribution is 7.92. The number of nitrogens with one attached hydrogen (secondary N) is 2. The second kappa shape index (κ2) is 9.03. The maximum absolute atomic E-state index is 13.3. The van der Waals surface area contributed by atoms with Gasteiger partial charge in [0.25, 0.3) is 10.0 Å². The fourth-order valence-corrected chi connectivity index (χ4v) is 4.63. The van der Waals surface area contributed by atoms with Crippen LogP contribution in [0.1, 0.15) is 12.0 Å². The number of sulfonamides is 1. The Kier molecular flexibility index (Phi) is 6.15. The van der Waals surface area contributed by atoms with Gasteiger partial charge in [-0.15, -0.1) is 0 Å². The van der Waals surface area contributed by atoms with Crippen LogP contribution in [0, 0.1) is 18.7 Å². The van der Waals surface area contributed by atoms with Crippen molar-refractivity contribution in [2.75, 3.05) is 21.5 Å². The average Bonchev–Trinajstić information content (AvgIpc) is 3.16. The van der Waals surface area contributed by atoms with Crippen LogP contribution in [0.15, 0.2) is 77.7 Å². The molecule has 0 spiro atoms. The minimum absolute atomic E-state index is 0.0358. The van der Waals surface area contributed by atoms with E-state index in [2.05, 4.69) is 10.0 Å². The Balaban J connectivity index is 1.40. The zero-order valence-electron chi connectivity index (χ0n) is 17.8. The number of amides is 2. The normalized spacial score (nSPS) is 16.0. The van der Waals surface area contributed by atoms with Gasteiger partial charge in [-0.05, 0) is 61.5 Å². The third-order valence-electron chi connectivity index (χ3n) is 5.35. The Labute approximate surface area is 191 Å². The van der Waals surface area contributed by atoms with Crippen molar-refractivity contribution in [1.82, 2.24) is 0 Å². The Morgan fingerprint density at radius 1 is 1.00 bits per heavy atom. The van der Waals surface area contributed by atoms with Crippen LogP contribution >= 0.6 is 0 Å². The first-order valence-electron chi connectivity index (χ1n) is 10.3. The van der Waals surface area contributed by atoms with E-state index in [1.54, 1.807) is 4.90 Å². The summed E-state index contributed by atoms with van der Waals surface area (Å²) in [7, 11) is -3.92. The van der Waals surface area contributed by atoms with E-state index in [0.29, 0.717) is 5.69 Å². The average molecular weight is 468 g/mol. The standard InChI is InChI=1S/C24H22FN3O4S/c1-16-5-9-21(10-6-16)28-15-17(13-23(28)29)24(30)26-19-7-11-22(12-8-19)33(31,32)27-20-4-2-3-18(25)14-20/h2-12,14,17,27H,13,15H2,1H3,(H,26,30). The maximum atomic E-state index is 13.3. The van der Waals surface area contributed by atoms with E-state index in [-0.39, 0.29) is 35.4 Å². The van der Waals surface area contributed by atoms with Gasteiger partial charge in [0.2, 0.25) is 11.8 Å². The number of nitrogens with zero attached hydrogens (tertiary/aromatic N) is 1. The molecule has 1 heterocycles. The van der Waals surface area contributed by atoms with Crippen LogP contribution in [0.5, 0.6) is 0 Å². The lowest BCUT2D eigenvalue weighted by Crippen LogP contribution is -2.28. The molecule has 33 heavy (non-hydrogen) atoms. The third kappa shape index (κ3) is 5.20. The monoisotopic (exact) mass is 467 g/mol. The maximum Gasteiger partial charge on any atom is 0.261 e. The summed E-state index contributed by atoms with van der Waals surface area (Å²) in [6.07, 6.45) is 0.101. The third-order valence-corrected chi connectivity index (χ3v) is 6.75. The molecule has 0 radical (unpaired) electrons. The quantitative estimate of drug-likeness (QED) is 0.574. The Hall–Kier alpha value is -3.72. The summed E-state index contributed by atoms with van der Waals surface area (Å²) in [5.74, 6) is -1.51. The minimum Gasteiger partial charge on any atom is -0.326 e. The van der Waals surface area contributed by atoms with Crippen molar-refractivity contribution in [3.05, 3.63) is 84.2 Å². The fraction of sp³-hybridized carbons (Fsp3) is 0.167. The summed E-state index contributed by atoms with van der Waals surface area (Å²) in [5, 5.41) is 2.74. The Morgan fingerprint density at radius 2 is 1.70 bits per heavy atom. The first-order chi connectivity index (χ1) is 15.7. The van der Waals surface area contributed by atoms with Crippen LogP contribution in [0.3, 0.4) is 0 Å². The molecule has 4 rings (SSSR count). The van der Waals surface area contributed by atoms with Crippen LogP contribution in [-0.2, 0) is 19.6 Å². The topological polar surface area (TPSA) is 95.6 Å². The van der Waals surface area contributed by atoms with Gasteiger partial charge in [0.1, 0.15) is 5.82 Å². The summed E-state index contributed by atoms with van der Waals surface area (Å²) in [6, 6.07) is 18.3. The number of halogens is 1.